The van der Waals surface area contributed by atoms with Crippen molar-refractivity contribution in [2.24, 2.45) is 5.10 Å². The summed E-state index contributed by atoms with van der Waals surface area (Å²) in [5, 5.41) is 3.99. The van der Waals surface area contributed by atoms with Crippen molar-refractivity contribution in [3.63, 3.8) is 0 Å². The maximum atomic E-state index is 12.6. The Bertz CT molecular complexity index is 1350. The molecule has 0 saturated heterocycles. The fraction of sp³-hybridized carbons (Fsp3) is 0.200. The van der Waals surface area contributed by atoms with Crippen LogP contribution in [0.25, 0.3) is 0 Å². The first-order valence-corrected chi connectivity index (χ1v) is 13.8. The average molecular weight is 640 g/mol. The lowest BCUT2D eigenvalue weighted by Crippen LogP contribution is -2.17. The largest absolute Gasteiger partial charge is 0.493 e. The molecule has 0 aliphatic heterocycles. The van der Waals surface area contributed by atoms with Gasteiger partial charge in [0, 0.05) is 5.56 Å². The second kappa shape index (κ2) is 12.4. The third kappa shape index (κ3) is 7.08. The van der Waals surface area contributed by atoms with E-state index in [2.05, 4.69) is 42.4 Å². The van der Waals surface area contributed by atoms with E-state index in [1.54, 1.807) is 42.5 Å². The molecule has 8 nitrogen and oxygen atoms in total. The van der Waals surface area contributed by atoms with Crippen LogP contribution in [0.2, 0.25) is 0 Å². The van der Waals surface area contributed by atoms with Crippen molar-refractivity contribution in [1.82, 2.24) is 5.43 Å². The lowest BCUT2D eigenvalue weighted by atomic mass is 10.2. The number of rotatable bonds is 10. The zero-order valence-corrected chi connectivity index (χ0v) is 23.7. The molecule has 3 aromatic rings. The van der Waals surface area contributed by atoms with E-state index in [-0.39, 0.29) is 10.6 Å². The van der Waals surface area contributed by atoms with Gasteiger partial charge in [0.1, 0.15) is 4.90 Å². The molecule has 3 aromatic carbocycles. The molecule has 1 amide bonds. The number of hydrogen-bond acceptors (Lipinski definition) is 7. The first-order valence-electron chi connectivity index (χ1n) is 10.8. The molecule has 0 atom stereocenters. The molecule has 0 unspecified atom stereocenters. The first-order chi connectivity index (χ1) is 17.1. The second-order valence-corrected chi connectivity index (χ2v) is 10.8. The van der Waals surface area contributed by atoms with Gasteiger partial charge in [0.2, 0.25) is 0 Å². The molecule has 3 rings (SSSR count). The van der Waals surface area contributed by atoms with Gasteiger partial charge in [-0.3, -0.25) is 4.79 Å². The number of aryl methyl sites for hydroxylation is 1. The van der Waals surface area contributed by atoms with E-state index < -0.39 is 16.0 Å². The number of hydrogen-bond donors (Lipinski definition) is 1. The highest BCUT2D eigenvalue weighted by Crippen LogP contribution is 2.36. The van der Waals surface area contributed by atoms with Crippen molar-refractivity contribution < 1.29 is 26.9 Å². The van der Waals surface area contributed by atoms with E-state index in [0.717, 1.165) is 12.0 Å². The Balaban J connectivity index is 1.71. The molecule has 0 heterocycles. The molecule has 0 bridgehead atoms. The van der Waals surface area contributed by atoms with Crippen LogP contribution in [0, 0.1) is 6.92 Å². The van der Waals surface area contributed by atoms with Crippen LogP contribution in [0.5, 0.6) is 17.2 Å². The number of nitrogens with one attached hydrogen (secondary N) is 1. The van der Waals surface area contributed by atoms with E-state index in [1.165, 1.54) is 25.5 Å². The van der Waals surface area contributed by atoms with Crippen LogP contribution in [-0.4, -0.2) is 34.3 Å². The summed E-state index contributed by atoms with van der Waals surface area (Å²) in [7, 11) is -2.53. The summed E-state index contributed by atoms with van der Waals surface area (Å²) >= 11 is 6.68. The van der Waals surface area contributed by atoms with Gasteiger partial charge < -0.3 is 13.7 Å². The van der Waals surface area contributed by atoms with Crippen molar-refractivity contribution in [3.8, 4) is 17.2 Å². The van der Waals surface area contributed by atoms with Crippen molar-refractivity contribution in [2.75, 3.05) is 13.7 Å². The van der Waals surface area contributed by atoms with Crippen LogP contribution in [0.4, 0.5) is 0 Å². The quantitative estimate of drug-likeness (QED) is 0.170. The van der Waals surface area contributed by atoms with Crippen LogP contribution in [-0.2, 0) is 10.1 Å². The summed E-state index contributed by atoms with van der Waals surface area (Å²) < 4.78 is 42.3. The Kier molecular flexibility index (Phi) is 9.52. The fourth-order valence-electron chi connectivity index (χ4n) is 2.97. The number of hydrazone groups is 1. The summed E-state index contributed by atoms with van der Waals surface area (Å²) in [6, 6.07) is 14.4. The van der Waals surface area contributed by atoms with Gasteiger partial charge in [0.15, 0.2) is 17.2 Å². The summed E-state index contributed by atoms with van der Waals surface area (Å²) in [6.07, 6.45) is 2.27. The van der Waals surface area contributed by atoms with Gasteiger partial charge in [-0.25, -0.2) is 5.43 Å². The fourth-order valence-corrected chi connectivity index (χ4v) is 5.53. The van der Waals surface area contributed by atoms with Gasteiger partial charge in [-0.05, 0) is 93.2 Å². The van der Waals surface area contributed by atoms with Gasteiger partial charge in [-0.2, -0.15) is 13.5 Å². The standard InChI is InChI=1S/C25H24Br2N2O6S/c1-4-11-34-22-10-7-18(14-23(22)33-3)25(30)29-28-15-17-12-20(26)24(21(27)13-17)35-36(31,32)19-8-5-16(2)6-9-19/h5-10,12-15H,4,11H2,1-3H3,(H,29,30)/b28-15+. The van der Waals surface area contributed by atoms with Crippen molar-refractivity contribution in [2.45, 2.75) is 25.2 Å². The van der Waals surface area contributed by atoms with Crippen LogP contribution in [0.1, 0.15) is 34.8 Å². The van der Waals surface area contributed by atoms with Gasteiger partial charge in [0.05, 0.1) is 28.9 Å². The molecule has 36 heavy (non-hydrogen) atoms. The minimum atomic E-state index is -4.03. The minimum Gasteiger partial charge on any atom is -0.493 e. The molecule has 190 valence electrons. The van der Waals surface area contributed by atoms with Crippen LogP contribution in [0.3, 0.4) is 0 Å². The molecule has 0 radical (unpaired) electrons. The average Bonchev–Trinajstić information content (AvgIpc) is 2.85. The number of carbonyl (C=O) groups is 1. The third-order valence-electron chi connectivity index (χ3n) is 4.79. The zero-order chi connectivity index (χ0) is 26.3. The Morgan fingerprint density at radius 3 is 2.31 bits per heavy atom. The maximum Gasteiger partial charge on any atom is 0.339 e. The zero-order valence-electron chi connectivity index (χ0n) is 19.7. The molecule has 0 spiro atoms. The number of benzene rings is 3. The highest BCUT2D eigenvalue weighted by atomic mass is 79.9. The molecule has 0 aromatic heterocycles. The van der Waals surface area contributed by atoms with Crippen molar-refractivity contribution in [3.05, 3.63) is 80.2 Å². The summed E-state index contributed by atoms with van der Waals surface area (Å²) in [4.78, 5) is 12.5. The maximum absolute atomic E-state index is 12.6. The predicted molar refractivity (Wildman–Crippen MR) is 145 cm³/mol. The summed E-state index contributed by atoms with van der Waals surface area (Å²) in [5.41, 5.74) is 4.32. The number of nitrogens with zero attached hydrogens (tertiary/aromatic N) is 1. The molecule has 0 aliphatic carbocycles. The molecule has 0 fully saturated rings. The smallest absolute Gasteiger partial charge is 0.339 e. The molecular weight excluding hydrogens is 616 g/mol. The molecular formula is C25H24Br2N2O6S. The van der Waals surface area contributed by atoms with Gasteiger partial charge in [-0.15, -0.1) is 0 Å². The highest BCUT2D eigenvalue weighted by molar-refractivity contribution is 9.11. The highest BCUT2D eigenvalue weighted by Gasteiger charge is 2.20. The number of carbonyl (C=O) groups excluding carboxylic acids is 1. The lowest BCUT2D eigenvalue weighted by molar-refractivity contribution is 0.0954. The second-order valence-electron chi connectivity index (χ2n) is 7.58. The third-order valence-corrected chi connectivity index (χ3v) is 7.20. The summed E-state index contributed by atoms with van der Waals surface area (Å²) in [5.74, 6) is 0.660. The van der Waals surface area contributed by atoms with E-state index >= 15 is 0 Å². The van der Waals surface area contributed by atoms with Crippen LogP contribution < -0.4 is 19.1 Å². The Morgan fingerprint density at radius 2 is 1.69 bits per heavy atom. The van der Waals surface area contributed by atoms with Crippen molar-refractivity contribution in [1.29, 1.82) is 0 Å². The number of halogens is 2. The van der Waals surface area contributed by atoms with E-state index in [0.29, 0.717) is 38.2 Å². The van der Waals surface area contributed by atoms with E-state index in [9.17, 15) is 13.2 Å². The van der Waals surface area contributed by atoms with Crippen LogP contribution in [0.15, 0.2) is 73.5 Å². The number of ether oxygens (including phenoxy) is 2. The van der Waals surface area contributed by atoms with E-state index in [4.69, 9.17) is 13.7 Å². The SMILES string of the molecule is CCCOc1ccc(C(=O)N/N=C/c2cc(Br)c(OS(=O)(=O)c3ccc(C)cc3)c(Br)c2)cc1OC. The monoisotopic (exact) mass is 638 g/mol. The Hall–Kier alpha value is -2.89. The van der Waals surface area contributed by atoms with E-state index in [1.807, 2.05) is 13.8 Å². The van der Waals surface area contributed by atoms with Gasteiger partial charge in [0.25, 0.3) is 5.91 Å². The van der Waals surface area contributed by atoms with Gasteiger partial charge >= 0.3 is 10.1 Å². The molecule has 0 aliphatic rings. The normalized spacial score (nSPS) is 11.4. The summed E-state index contributed by atoms with van der Waals surface area (Å²) in [6.45, 7) is 4.40. The topological polar surface area (TPSA) is 103 Å². The van der Waals surface area contributed by atoms with Gasteiger partial charge in [-0.1, -0.05) is 24.6 Å². The predicted octanol–water partition coefficient (Wildman–Crippen LogP) is 5.85. The molecule has 11 heteroatoms. The number of methoxy groups -OCH3 is 1. The number of amides is 1. The molecule has 0 saturated carbocycles. The Morgan fingerprint density at radius 1 is 1.03 bits per heavy atom. The lowest BCUT2D eigenvalue weighted by Gasteiger charge is -2.12. The first kappa shape index (κ1) is 27.7. The Labute approximate surface area is 227 Å². The van der Waals surface area contributed by atoms with Crippen molar-refractivity contribution >= 4 is 54.1 Å². The van der Waals surface area contributed by atoms with Crippen LogP contribution >= 0.6 is 31.9 Å². The molecule has 1 N–H and O–H groups in total. The minimum absolute atomic E-state index is 0.0434.